The van der Waals surface area contributed by atoms with Crippen LogP contribution in [0.25, 0.3) is 176 Å². The molecule has 0 saturated carbocycles. The van der Waals surface area contributed by atoms with E-state index in [0.717, 1.165) is 125 Å². The van der Waals surface area contributed by atoms with E-state index in [9.17, 15) is 0 Å². The number of para-hydroxylation sites is 3. The number of aromatic nitrogens is 11. The minimum absolute atomic E-state index is 0.609. The Morgan fingerprint density at radius 1 is 0.223 bits per heavy atom. The van der Waals surface area contributed by atoms with Crippen molar-refractivity contribution in [3.63, 3.8) is 0 Å². The van der Waals surface area contributed by atoms with Crippen LogP contribution in [0, 0.1) is 0 Å². The molecule has 0 saturated heterocycles. The second kappa shape index (κ2) is 24.2. The van der Waals surface area contributed by atoms with Gasteiger partial charge in [-0.15, -0.1) is 22.7 Å². The molecule has 0 aliphatic heterocycles. The molecule has 0 radical (unpaired) electrons. The zero-order chi connectivity index (χ0) is 62.3. The first-order chi connectivity index (χ1) is 46.5. The summed E-state index contributed by atoms with van der Waals surface area (Å²) in [6.07, 6.45) is 1.64. The van der Waals surface area contributed by atoms with Crippen LogP contribution in [0.4, 0.5) is 0 Å². The van der Waals surface area contributed by atoms with E-state index in [1.807, 2.05) is 127 Å². The van der Waals surface area contributed by atoms with E-state index >= 15 is 0 Å². The van der Waals surface area contributed by atoms with Crippen LogP contribution in [0.5, 0.6) is 0 Å². The van der Waals surface area contributed by atoms with Crippen molar-refractivity contribution < 1.29 is 0 Å². The van der Waals surface area contributed by atoms with Crippen LogP contribution in [0.2, 0.25) is 0 Å². The number of benzene rings is 11. The Balaban J connectivity index is 0.000000143. The van der Waals surface area contributed by atoms with Crippen molar-refractivity contribution in [3.05, 3.63) is 298 Å². The minimum Gasteiger partial charge on any atom is -0.243 e. The fraction of sp³-hybridized carbons (Fsp3) is 0. The Bertz CT molecular complexity index is 5820. The van der Waals surface area contributed by atoms with Crippen molar-refractivity contribution in [1.29, 1.82) is 0 Å². The molecule has 18 rings (SSSR count). The maximum Gasteiger partial charge on any atom is 0.164 e. The highest BCUT2D eigenvalue weighted by molar-refractivity contribution is 7.26. The number of hydrogen-bond acceptors (Lipinski definition) is 13. The zero-order valence-electron chi connectivity index (χ0n) is 50.0. The average molecular weight is 1240 g/mol. The van der Waals surface area contributed by atoms with Gasteiger partial charge in [0, 0.05) is 59.8 Å². The molecule has 0 bridgehead atoms. The van der Waals surface area contributed by atoms with Gasteiger partial charge in [-0.05, 0) is 63.7 Å². The molecule has 11 aromatic carbocycles. The highest BCUT2D eigenvalue weighted by atomic mass is 32.1. The third-order valence-electron chi connectivity index (χ3n) is 16.7. The van der Waals surface area contributed by atoms with Crippen LogP contribution >= 0.6 is 22.7 Å². The molecule has 440 valence electrons. The molecular weight excluding hydrogens is 1190 g/mol. The first-order valence-corrected chi connectivity index (χ1v) is 32.3. The Kier molecular flexibility index (Phi) is 14.3. The summed E-state index contributed by atoms with van der Waals surface area (Å²) in [4.78, 5) is 55.6. The maximum absolute atomic E-state index is 4.96. The molecule has 0 unspecified atom stereocenters. The third kappa shape index (κ3) is 10.9. The Hall–Kier alpha value is -12.3. The van der Waals surface area contributed by atoms with Crippen LogP contribution in [-0.4, -0.2) is 54.8 Å². The van der Waals surface area contributed by atoms with Gasteiger partial charge in [0.1, 0.15) is 21.5 Å². The van der Waals surface area contributed by atoms with Gasteiger partial charge in [-0.3, -0.25) is 0 Å². The predicted molar refractivity (Wildman–Crippen MR) is 384 cm³/mol. The molecular formula is C81H49N11S2. The van der Waals surface area contributed by atoms with Gasteiger partial charge in [0.2, 0.25) is 0 Å². The van der Waals surface area contributed by atoms with Gasteiger partial charge >= 0.3 is 0 Å². The fourth-order valence-electron chi connectivity index (χ4n) is 11.8. The van der Waals surface area contributed by atoms with Crippen LogP contribution in [0.1, 0.15) is 0 Å². The highest BCUT2D eigenvalue weighted by Crippen LogP contribution is 2.40. The van der Waals surface area contributed by atoms with Crippen molar-refractivity contribution in [2.75, 3.05) is 0 Å². The van der Waals surface area contributed by atoms with Gasteiger partial charge in [-0.2, -0.15) is 0 Å². The molecule has 0 atom stereocenters. The van der Waals surface area contributed by atoms with E-state index in [1.165, 1.54) is 15.8 Å². The summed E-state index contributed by atoms with van der Waals surface area (Å²) in [5.74, 6) is 3.79. The highest BCUT2D eigenvalue weighted by Gasteiger charge is 2.19. The summed E-state index contributed by atoms with van der Waals surface area (Å²) in [6, 6.07) is 99.2. The molecule has 94 heavy (non-hydrogen) atoms. The molecule has 0 spiro atoms. The molecule has 0 fully saturated rings. The Morgan fingerprint density at radius 2 is 0.585 bits per heavy atom. The molecule has 7 aromatic heterocycles. The molecule has 11 nitrogen and oxygen atoms in total. The summed E-state index contributed by atoms with van der Waals surface area (Å²) in [5, 5.41) is 3.28. The first-order valence-electron chi connectivity index (χ1n) is 30.7. The van der Waals surface area contributed by atoms with Crippen LogP contribution in [0.15, 0.2) is 298 Å². The van der Waals surface area contributed by atoms with Crippen LogP contribution in [0.3, 0.4) is 0 Å². The zero-order valence-corrected chi connectivity index (χ0v) is 51.7. The summed E-state index contributed by atoms with van der Waals surface area (Å²) in [7, 11) is 0. The lowest BCUT2D eigenvalue weighted by molar-refractivity contribution is 1.07. The topological polar surface area (TPSA) is 142 Å². The molecule has 18 aromatic rings. The van der Waals surface area contributed by atoms with E-state index in [1.54, 1.807) is 29.0 Å². The van der Waals surface area contributed by atoms with E-state index < -0.39 is 0 Å². The molecule has 0 amide bonds. The molecule has 7 heterocycles. The van der Waals surface area contributed by atoms with Crippen molar-refractivity contribution in [3.8, 4) is 113 Å². The normalized spacial score (nSPS) is 11.4. The number of nitrogens with zero attached hydrogens (tertiary/aromatic N) is 11. The van der Waals surface area contributed by atoms with E-state index in [-0.39, 0.29) is 0 Å². The fourth-order valence-corrected chi connectivity index (χ4v) is 14.0. The summed E-state index contributed by atoms with van der Waals surface area (Å²) >= 11 is 3.31. The average Bonchev–Trinajstić information content (AvgIpc) is 1.70. The van der Waals surface area contributed by atoms with Gasteiger partial charge in [0.25, 0.3) is 0 Å². The molecule has 0 aliphatic rings. The minimum atomic E-state index is 0.609. The van der Waals surface area contributed by atoms with Gasteiger partial charge in [0.15, 0.2) is 34.9 Å². The number of fused-ring (bicyclic) bond motifs is 8. The van der Waals surface area contributed by atoms with E-state index in [0.29, 0.717) is 34.9 Å². The summed E-state index contributed by atoms with van der Waals surface area (Å²) in [5.41, 5.74) is 19.0. The standard InChI is InChI=1S/C41H25N5S.C40H24N6S/c1-3-9-26(10-4-1)27-15-19-30(20-16-27)39-44-38(29-11-5-2-6-12-29)45-40(46-39)31-21-17-28(18-22-31)32-23-24-33-36(25-32)47-41-37(33)42-34-13-7-8-14-35(34)43-41;1-3-9-25(10-4-1)26-15-19-29(20-16-26)38-44-37(28-11-5-2-6-12-28)45-39(46-38)30-21-17-27(18-22-30)34-36-35(42-24-41-34)32-23-31-13-7-8-14-33(31)43-40(32)47-36/h1-25H;1-24H. The smallest absolute Gasteiger partial charge is 0.164 e. The SMILES string of the molecule is c1ccc(-c2ccc(-c3nc(-c4ccccc4)nc(-c4ccc(-c5ccc6c(c5)sc5nc7ccccc7nc56)cc4)n3)cc2)cc1.c1ccc(-c2ccc(-c3nc(-c4ccccc4)nc(-c4ccc(-c5ncnc6c5sc5nc7ccccc7cc56)cc4)n3)cc2)cc1. The lowest BCUT2D eigenvalue weighted by atomic mass is 10.0. The first kappa shape index (κ1) is 55.8. The lowest BCUT2D eigenvalue weighted by Crippen LogP contribution is -2.00. The largest absolute Gasteiger partial charge is 0.243 e. The number of thiophene rings is 2. The van der Waals surface area contributed by atoms with Gasteiger partial charge in [-0.25, -0.2) is 54.8 Å². The predicted octanol–water partition coefficient (Wildman–Crippen LogP) is 20.4. The summed E-state index contributed by atoms with van der Waals surface area (Å²) < 4.78 is 2.19. The Morgan fingerprint density at radius 3 is 1.07 bits per heavy atom. The quantitative estimate of drug-likeness (QED) is 0.129. The van der Waals surface area contributed by atoms with Gasteiger partial charge in [-0.1, -0.05) is 261 Å². The van der Waals surface area contributed by atoms with Crippen molar-refractivity contribution in [1.82, 2.24) is 54.8 Å². The Labute approximate surface area is 547 Å². The monoisotopic (exact) mass is 1240 g/mol. The number of pyridine rings is 1. The van der Waals surface area contributed by atoms with Gasteiger partial charge in [0.05, 0.1) is 32.5 Å². The summed E-state index contributed by atoms with van der Waals surface area (Å²) in [6.45, 7) is 0. The van der Waals surface area contributed by atoms with Crippen molar-refractivity contribution >= 4 is 85.5 Å². The molecule has 0 aliphatic carbocycles. The lowest BCUT2D eigenvalue weighted by Gasteiger charge is -2.10. The van der Waals surface area contributed by atoms with E-state index in [4.69, 9.17) is 49.8 Å². The third-order valence-corrected chi connectivity index (χ3v) is 18.8. The van der Waals surface area contributed by atoms with Crippen molar-refractivity contribution in [2.45, 2.75) is 0 Å². The van der Waals surface area contributed by atoms with Crippen LogP contribution in [-0.2, 0) is 0 Å². The second-order valence-corrected chi connectivity index (χ2v) is 24.6. The van der Waals surface area contributed by atoms with Crippen molar-refractivity contribution in [2.24, 2.45) is 0 Å². The molecule has 13 heteroatoms. The second-order valence-electron chi connectivity index (χ2n) is 22.6. The molecule has 0 N–H and O–H groups in total. The number of rotatable bonds is 10. The maximum atomic E-state index is 4.96. The van der Waals surface area contributed by atoms with Gasteiger partial charge < -0.3 is 0 Å². The van der Waals surface area contributed by atoms with E-state index in [2.05, 4.69) is 169 Å². The number of hydrogen-bond donors (Lipinski definition) is 0. The van der Waals surface area contributed by atoms with Crippen LogP contribution < -0.4 is 0 Å².